The fourth-order valence-electron chi connectivity index (χ4n) is 1.65. The quantitative estimate of drug-likeness (QED) is 0.868. The molecular weight excluding hydrogens is 239 g/mol. The number of nitrogens with one attached hydrogen (secondary N) is 1. The lowest BCUT2D eigenvalue weighted by Crippen LogP contribution is -2.04. The molecule has 0 bridgehead atoms. The zero-order valence-electron chi connectivity index (χ0n) is 9.81. The third-order valence-electron chi connectivity index (χ3n) is 2.69. The van der Waals surface area contributed by atoms with Crippen molar-refractivity contribution in [3.05, 3.63) is 65.0 Å². The highest BCUT2D eigenvalue weighted by Gasteiger charge is 2.08. The molecule has 4 heteroatoms. The van der Waals surface area contributed by atoms with Crippen molar-refractivity contribution in [1.29, 1.82) is 0 Å². The third kappa shape index (κ3) is 2.64. The van der Waals surface area contributed by atoms with Crippen molar-refractivity contribution in [3.63, 3.8) is 0 Å². The third-order valence-corrected chi connectivity index (χ3v) is 2.69. The molecule has 0 amide bonds. The van der Waals surface area contributed by atoms with Gasteiger partial charge >= 0.3 is 0 Å². The molecule has 0 heterocycles. The standard InChI is InChI=1S/C14H12F3N/c1-9-7-10(5-6-12(9)15)18-8-11-13(16)3-2-4-14(11)17/h2-7,18H,8H2,1H3. The summed E-state index contributed by atoms with van der Waals surface area (Å²) in [6.07, 6.45) is 0. The smallest absolute Gasteiger partial charge is 0.131 e. The maximum absolute atomic E-state index is 13.4. The van der Waals surface area contributed by atoms with Gasteiger partial charge in [-0.25, -0.2) is 13.2 Å². The molecule has 0 atom stereocenters. The molecule has 1 nitrogen and oxygen atoms in total. The van der Waals surface area contributed by atoms with E-state index in [0.717, 1.165) is 0 Å². The van der Waals surface area contributed by atoms with E-state index < -0.39 is 11.6 Å². The van der Waals surface area contributed by atoms with E-state index in [1.54, 1.807) is 13.0 Å². The molecular formula is C14H12F3N. The van der Waals surface area contributed by atoms with Gasteiger partial charge in [-0.05, 0) is 42.8 Å². The highest BCUT2D eigenvalue weighted by atomic mass is 19.1. The first kappa shape index (κ1) is 12.5. The van der Waals surface area contributed by atoms with Gasteiger partial charge in [-0.1, -0.05) is 6.07 Å². The highest BCUT2D eigenvalue weighted by molar-refractivity contribution is 5.46. The summed E-state index contributed by atoms with van der Waals surface area (Å²) in [6, 6.07) is 8.16. The van der Waals surface area contributed by atoms with Crippen molar-refractivity contribution in [2.45, 2.75) is 13.5 Å². The van der Waals surface area contributed by atoms with Gasteiger partial charge in [-0.2, -0.15) is 0 Å². The van der Waals surface area contributed by atoms with Gasteiger partial charge in [0.25, 0.3) is 0 Å². The second kappa shape index (κ2) is 5.12. The van der Waals surface area contributed by atoms with Crippen molar-refractivity contribution in [1.82, 2.24) is 0 Å². The summed E-state index contributed by atoms with van der Waals surface area (Å²) in [6.45, 7) is 1.65. The first-order valence-corrected chi connectivity index (χ1v) is 5.51. The number of halogens is 3. The van der Waals surface area contributed by atoms with Crippen LogP contribution in [0.5, 0.6) is 0 Å². The number of rotatable bonds is 3. The Kier molecular flexibility index (Phi) is 3.55. The van der Waals surface area contributed by atoms with Gasteiger partial charge in [-0.15, -0.1) is 0 Å². The molecule has 0 aliphatic carbocycles. The number of aryl methyl sites for hydroxylation is 1. The number of benzene rings is 2. The van der Waals surface area contributed by atoms with Gasteiger partial charge in [-0.3, -0.25) is 0 Å². The van der Waals surface area contributed by atoms with Crippen LogP contribution in [0.3, 0.4) is 0 Å². The molecule has 0 aliphatic heterocycles. The highest BCUT2D eigenvalue weighted by Crippen LogP contribution is 2.17. The maximum Gasteiger partial charge on any atom is 0.131 e. The Morgan fingerprint density at radius 3 is 2.22 bits per heavy atom. The molecule has 2 aromatic rings. The molecule has 0 radical (unpaired) electrons. The van der Waals surface area contributed by atoms with Crippen molar-refractivity contribution in [2.75, 3.05) is 5.32 Å². The van der Waals surface area contributed by atoms with Crippen molar-refractivity contribution < 1.29 is 13.2 Å². The van der Waals surface area contributed by atoms with Crippen molar-refractivity contribution >= 4 is 5.69 Å². The van der Waals surface area contributed by atoms with Crippen LogP contribution in [0.4, 0.5) is 18.9 Å². The average molecular weight is 251 g/mol. The van der Waals surface area contributed by atoms with Crippen LogP contribution < -0.4 is 5.32 Å². The summed E-state index contributed by atoms with van der Waals surface area (Å²) < 4.78 is 39.8. The lowest BCUT2D eigenvalue weighted by molar-refractivity contribution is 0.560. The fourth-order valence-corrected chi connectivity index (χ4v) is 1.65. The lowest BCUT2D eigenvalue weighted by atomic mass is 10.1. The Hall–Kier alpha value is -1.97. The van der Waals surface area contributed by atoms with Gasteiger partial charge in [0.2, 0.25) is 0 Å². The van der Waals surface area contributed by atoms with Crippen molar-refractivity contribution in [2.24, 2.45) is 0 Å². The molecule has 0 saturated carbocycles. The molecule has 0 spiro atoms. The summed E-state index contributed by atoms with van der Waals surface area (Å²) in [5, 5.41) is 2.86. The predicted octanol–water partition coefficient (Wildman–Crippen LogP) is 4.02. The molecule has 94 valence electrons. The van der Waals surface area contributed by atoms with Crippen LogP contribution in [0.1, 0.15) is 11.1 Å². The van der Waals surface area contributed by atoms with Crippen LogP contribution in [-0.2, 0) is 6.54 Å². The van der Waals surface area contributed by atoms with E-state index in [0.29, 0.717) is 11.3 Å². The Labute approximate surface area is 103 Å². The first-order valence-electron chi connectivity index (χ1n) is 5.51. The molecule has 2 aromatic carbocycles. The van der Waals surface area contributed by atoms with Crippen LogP contribution in [0.15, 0.2) is 36.4 Å². The zero-order chi connectivity index (χ0) is 13.1. The van der Waals surface area contributed by atoms with Crippen LogP contribution in [0.2, 0.25) is 0 Å². The summed E-state index contributed by atoms with van der Waals surface area (Å²) >= 11 is 0. The van der Waals surface area contributed by atoms with Gasteiger partial charge in [0, 0.05) is 17.8 Å². The predicted molar refractivity (Wildman–Crippen MR) is 64.8 cm³/mol. The molecule has 0 aromatic heterocycles. The van der Waals surface area contributed by atoms with E-state index in [2.05, 4.69) is 5.32 Å². The molecule has 0 saturated heterocycles. The SMILES string of the molecule is Cc1cc(NCc2c(F)cccc2F)ccc1F. The number of hydrogen-bond acceptors (Lipinski definition) is 1. The van der Waals surface area contributed by atoms with E-state index in [9.17, 15) is 13.2 Å². The Bertz CT molecular complexity index is 547. The van der Waals surface area contributed by atoms with E-state index in [1.807, 2.05) is 0 Å². The molecule has 1 N–H and O–H groups in total. The van der Waals surface area contributed by atoms with Crippen molar-refractivity contribution in [3.8, 4) is 0 Å². The van der Waals surface area contributed by atoms with E-state index >= 15 is 0 Å². The Balaban J connectivity index is 2.14. The second-order valence-corrected chi connectivity index (χ2v) is 4.02. The molecule has 0 unspecified atom stereocenters. The zero-order valence-corrected chi connectivity index (χ0v) is 9.81. The Morgan fingerprint density at radius 1 is 0.944 bits per heavy atom. The fraction of sp³-hybridized carbons (Fsp3) is 0.143. The second-order valence-electron chi connectivity index (χ2n) is 4.02. The van der Waals surface area contributed by atoms with Gasteiger partial charge in [0.05, 0.1) is 0 Å². The minimum absolute atomic E-state index is 0.0174. The monoisotopic (exact) mass is 251 g/mol. The molecule has 2 rings (SSSR count). The largest absolute Gasteiger partial charge is 0.381 e. The lowest BCUT2D eigenvalue weighted by Gasteiger charge is -2.09. The summed E-state index contributed by atoms with van der Waals surface area (Å²) in [5.41, 5.74) is 1.07. The number of hydrogen-bond donors (Lipinski definition) is 1. The topological polar surface area (TPSA) is 12.0 Å². The maximum atomic E-state index is 13.4. The van der Waals surface area contributed by atoms with Gasteiger partial charge in [0.15, 0.2) is 0 Å². The van der Waals surface area contributed by atoms with Crippen LogP contribution in [0, 0.1) is 24.4 Å². The summed E-state index contributed by atoms with van der Waals surface area (Å²) in [4.78, 5) is 0. The minimum atomic E-state index is -0.596. The van der Waals surface area contributed by atoms with Gasteiger partial charge in [0.1, 0.15) is 17.5 Å². The number of anilines is 1. The van der Waals surface area contributed by atoms with E-state index in [-0.39, 0.29) is 17.9 Å². The van der Waals surface area contributed by atoms with Crippen LogP contribution >= 0.6 is 0 Å². The normalized spacial score (nSPS) is 10.4. The van der Waals surface area contributed by atoms with Crippen LogP contribution in [-0.4, -0.2) is 0 Å². The van der Waals surface area contributed by atoms with E-state index in [1.165, 1.54) is 30.3 Å². The average Bonchev–Trinajstić information content (AvgIpc) is 2.33. The summed E-state index contributed by atoms with van der Waals surface area (Å²) in [5.74, 6) is -1.50. The molecule has 0 aliphatic rings. The molecule has 0 fully saturated rings. The van der Waals surface area contributed by atoms with E-state index in [4.69, 9.17) is 0 Å². The Morgan fingerprint density at radius 2 is 1.61 bits per heavy atom. The van der Waals surface area contributed by atoms with Crippen LogP contribution in [0.25, 0.3) is 0 Å². The summed E-state index contributed by atoms with van der Waals surface area (Å²) in [7, 11) is 0. The molecule has 18 heavy (non-hydrogen) atoms. The first-order chi connectivity index (χ1) is 8.58. The minimum Gasteiger partial charge on any atom is -0.381 e. The van der Waals surface area contributed by atoms with Gasteiger partial charge < -0.3 is 5.32 Å².